The number of hydrogen-bond donors (Lipinski definition) is 4. The Morgan fingerprint density at radius 2 is 1.81 bits per heavy atom. The first-order chi connectivity index (χ1) is 20.2. The van der Waals surface area contributed by atoms with Gasteiger partial charge in [0.25, 0.3) is 5.56 Å². The molecule has 1 aromatic heterocycles. The van der Waals surface area contributed by atoms with Gasteiger partial charge in [0.2, 0.25) is 5.91 Å². The molecule has 0 spiro atoms. The molecule has 3 aromatic rings. The third-order valence-corrected chi connectivity index (χ3v) is 7.29. The number of benzene rings is 2. The first-order valence-electron chi connectivity index (χ1n) is 13.5. The number of nitrogens with one attached hydrogen (secondary N) is 3. The normalized spacial score (nSPS) is 18.1. The molecule has 4 rings (SSSR count). The highest BCUT2D eigenvalue weighted by molar-refractivity contribution is 5.98. The molecule has 12 heteroatoms. The summed E-state index contributed by atoms with van der Waals surface area (Å²) in [6.07, 6.45) is -0.0120. The maximum atomic E-state index is 14.9. The summed E-state index contributed by atoms with van der Waals surface area (Å²) in [5.74, 6) is -4.91. The van der Waals surface area contributed by atoms with Crippen LogP contribution in [0.1, 0.15) is 48.3 Å². The molecular weight excluding hydrogens is 555 g/mol. The van der Waals surface area contributed by atoms with Crippen molar-refractivity contribution in [2.75, 3.05) is 19.0 Å². The van der Waals surface area contributed by atoms with E-state index >= 15 is 0 Å². The van der Waals surface area contributed by atoms with Crippen LogP contribution in [0.3, 0.4) is 0 Å². The number of amides is 2. The summed E-state index contributed by atoms with van der Waals surface area (Å²) in [6, 6.07) is 10.9. The third kappa shape index (κ3) is 7.69. The summed E-state index contributed by atoms with van der Waals surface area (Å²) in [5.41, 5.74) is -0.176. The van der Waals surface area contributed by atoms with Crippen LogP contribution < -0.4 is 16.2 Å². The van der Waals surface area contributed by atoms with Gasteiger partial charge >= 0.3 is 6.09 Å². The molecule has 0 saturated heterocycles. The molecule has 0 bridgehead atoms. The van der Waals surface area contributed by atoms with Crippen molar-refractivity contribution >= 4 is 17.7 Å². The van der Waals surface area contributed by atoms with Crippen LogP contribution in [-0.4, -0.2) is 48.0 Å². The highest BCUT2D eigenvalue weighted by atomic mass is 19.1. The Morgan fingerprint density at radius 1 is 1.10 bits per heavy atom. The zero-order valence-electron chi connectivity index (χ0n) is 22.9. The Kier molecular flexibility index (Phi) is 10.2. The fraction of sp³-hybridized carbons (Fsp3) is 0.367. The van der Waals surface area contributed by atoms with Crippen LogP contribution in [0.2, 0.25) is 0 Å². The molecule has 2 amide bonds. The predicted octanol–water partition coefficient (Wildman–Crippen LogP) is 4.90. The van der Waals surface area contributed by atoms with Crippen LogP contribution in [-0.2, 0) is 20.9 Å². The van der Waals surface area contributed by atoms with Gasteiger partial charge in [-0.15, -0.1) is 0 Å². The Hall–Kier alpha value is -4.32. The van der Waals surface area contributed by atoms with Gasteiger partial charge in [0, 0.05) is 24.8 Å². The fourth-order valence-corrected chi connectivity index (χ4v) is 5.09. The van der Waals surface area contributed by atoms with E-state index in [2.05, 4.69) is 15.6 Å². The van der Waals surface area contributed by atoms with Crippen LogP contribution >= 0.6 is 0 Å². The molecule has 2 atom stereocenters. The summed E-state index contributed by atoms with van der Waals surface area (Å²) in [4.78, 5) is 40.9. The average Bonchev–Trinajstić information content (AvgIpc) is 2.98. The molecule has 1 saturated carbocycles. The molecule has 224 valence electrons. The number of methoxy groups -OCH3 is 1. The first kappa shape index (κ1) is 30.6. The molecule has 9 nitrogen and oxygen atoms in total. The number of alkyl halides is 1. The van der Waals surface area contributed by atoms with Gasteiger partial charge < -0.3 is 30.2 Å². The first-order valence-corrected chi connectivity index (χ1v) is 13.5. The van der Waals surface area contributed by atoms with E-state index in [1.807, 2.05) is 6.07 Å². The number of carbonyl (C=O) groups is 2. The fourth-order valence-electron chi connectivity index (χ4n) is 5.09. The number of pyridine rings is 1. The number of alkyl carbamates (subject to hydrolysis) is 1. The lowest BCUT2D eigenvalue weighted by Gasteiger charge is -2.31. The highest BCUT2D eigenvalue weighted by Crippen LogP contribution is 2.35. The van der Waals surface area contributed by atoms with Crippen LogP contribution in [0, 0.1) is 17.6 Å². The number of anilines is 1. The van der Waals surface area contributed by atoms with Crippen molar-refractivity contribution in [3.8, 4) is 5.75 Å². The Labute approximate surface area is 240 Å². The number of rotatable bonds is 10. The number of aromatic amines is 1. The molecule has 1 heterocycles. The van der Waals surface area contributed by atoms with E-state index in [0.29, 0.717) is 12.8 Å². The number of aromatic hydroxyl groups is 1. The van der Waals surface area contributed by atoms with E-state index in [1.165, 1.54) is 13.2 Å². The Balaban J connectivity index is 1.59. The van der Waals surface area contributed by atoms with Gasteiger partial charge in [0.1, 0.15) is 24.6 Å². The molecule has 0 aliphatic heterocycles. The largest absolute Gasteiger partial charge is 0.503 e. The van der Waals surface area contributed by atoms with Crippen LogP contribution in [0.5, 0.6) is 5.75 Å². The van der Waals surface area contributed by atoms with Crippen LogP contribution in [0.25, 0.3) is 0 Å². The molecular formula is C30H32F3N3O6. The van der Waals surface area contributed by atoms with E-state index in [-0.39, 0.29) is 42.9 Å². The molecule has 1 aliphatic rings. The average molecular weight is 588 g/mol. The Bertz CT molecular complexity index is 1440. The monoisotopic (exact) mass is 587 g/mol. The number of carbonyl (C=O) groups excluding carboxylic acids is 2. The minimum absolute atomic E-state index is 0.0492. The molecule has 1 aliphatic carbocycles. The summed E-state index contributed by atoms with van der Waals surface area (Å²) in [5, 5.41) is 15.5. The summed E-state index contributed by atoms with van der Waals surface area (Å²) in [6.45, 7) is -0.194. The molecule has 42 heavy (non-hydrogen) atoms. The van der Waals surface area contributed by atoms with Gasteiger partial charge in [-0.1, -0.05) is 30.3 Å². The number of phenolic OH excluding ortho intramolecular Hbond substituents is 1. The van der Waals surface area contributed by atoms with Crippen molar-refractivity contribution < 1.29 is 37.3 Å². The lowest BCUT2D eigenvalue weighted by atomic mass is 9.82. The third-order valence-electron chi connectivity index (χ3n) is 7.29. The van der Waals surface area contributed by atoms with Crippen molar-refractivity contribution in [2.24, 2.45) is 5.92 Å². The van der Waals surface area contributed by atoms with E-state index in [0.717, 1.165) is 23.9 Å². The number of hydrogen-bond acceptors (Lipinski definition) is 6. The lowest BCUT2D eigenvalue weighted by molar-refractivity contribution is -0.119. The van der Waals surface area contributed by atoms with E-state index in [4.69, 9.17) is 9.47 Å². The summed E-state index contributed by atoms with van der Waals surface area (Å²) in [7, 11) is 1.35. The zero-order chi connectivity index (χ0) is 30.2. The zero-order valence-corrected chi connectivity index (χ0v) is 22.9. The number of halogens is 3. The number of phenols is 1. The van der Waals surface area contributed by atoms with E-state index < -0.39 is 59.0 Å². The molecule has 1 unspecified atom stereocenters. The topological polar surface area (TPSA) is 130 Å². The second kappa shape index (κ2) is 14.0. The standard InChI is InChI=1S/C30H32F3N3O6/c1-41-16-23(22-13-21(32)14-34-28(22)38)19-11-24(33)27(37)25(12-19)35-29(39)26(18-7-9-20(31)10-8-18)36-30(40)42-15-17-5-3-2-4-6-17/h2-6,11-14,18,20,23,26,37H,7-10,15-16H2,1H3,(H,34,38)(H,35,39)(H,36,40)/t18?,20?,23?,26-/m0/s1. The van der Waals surface area contributed by atoms with Crippen LogP contribution in [0.4, 0.5) is 23.7 Å². The van der Waals surface area contributed by atoms with Crippen molar-refractivity contribution in [3.05, 3.63) is 93.4 Å². The minimum Gasteiger partial charge on any atom is -0.503 e. The SMILES string of the molecule is COCC(c1cc(F)c(O)c(NC(=O)[C@@H](NC(=O)OCc2ccccc2)C2CCC(F)CC2)c1)c1cc(F)c[nH]c1=O. The summed E-state index contributed by atoms with van der Waals surface area (Å²) < 4.78 is 53.2. The molecule has 0 radical (unpaired) electrons. The maximum absolute atomic E-state index is 14.9. The second-order valence-electron chi connectivity index (χ2n) is 10.2. The van der Waals surface area contributed by atoms with Crippen molar-refractivity contribution in [1.29, 1.82) is 0 Å². The number of ether oxygens (including phenoxy) is 2. The van der Waals surface area contributed by atoms with Crippen molar-refractivity contribution in [1.82, 2.24) is 10.3 Å². The molecule has 1 fully saturated rings. The van der Waals surface area contributed by atoms with E-state index in [1.54, 1.807) is 24.3 Å². The maximum Gasteiger partial charge on any atom is 0.408 e. The van der Waals surface area contributed by atoms with Gasteiger partial charge in [-0.25, -0.2) is 18.0 Å². The smallest absolute Gasteiger partial charge is 0.408 e. The Morgan fingerprint density at radius 3 is 2.50 bits per heavy atom. The van der Waals surface area contributed by atoms with E-state index in [9.17, 15) is 32.7 Å². The predicted molar refractivity (Wildman–Crippen MR) is 148 cm³/mol. The minimum atomic E-state index is -1.19. The van der Waals surface area contributed by atoms with Gasteiger partial charge in [-0.2, -0.15) is 0 Å². The number of H-pyrrole nitrogens is 1. The van der Waals surface area contributed by atoms with Gasteiger partial charge in [-0.05, 0) is 60.9 Å². The van der Waals surface area contributed by atoms with Gasteiger partial charge in [0.05, 0.1) is 12.3 Å². The lowest BCUT2D eigenvalue weighted by Crippen LogP contribution is -2.49. The number of aromatic nitrogens is 1. The molecule has 4 N–H and O–H groups in total. The van der Waals surface area contributed by atoms with Crippen LogP contribution in [0.15, 0.2) is 59.5 Å². The molecule has 2 aromatic carbocycles. The second-order valence-corrected chi connectivity index (χ2v) is 10.2. The highest BCUT2D eigenvalue weighted by Gasteiger charge is 2.34. The quantitative estimate of drug-likeness (QED) is 0.250. The van der Waals surface area contributed by atoms with Gasteiger partial charge in [0.15, 0.2) is 11.6 Å². The summed E-state index contributed by atoms with van der Waals surface area (Å²) >= 11 is 0. The van der Waals surface area contributed by atoms with Crippen molar-refractivity contribution in [3.63, 3.8) is 0 Å². The van der Waals surface area contributed by atoms with Crippen molar-refractivity contribution in [2.45, 2.75) is 50.4 Å². The van der Waals surface area contributed by atoms with Gasteiger partial charge in [-0.3, -0.25) is 9.59 Å².